The van der Waals surface area contributed by atoms with Crippen molar-refractivity contribution in [3.63, 3.8) is 0 Å². The summed E-state index contributed by atoms with van der Waals surface area (Å²) in [7, 11) is 6.30. The number of fused-ring (bicyclic) bond motifs is 1. The van der Waals surface area contributed by atoms with Gasteiger partial charge in [0.2, 0.25) is 0 Å². The zero-order chi connectivity index (χ0) is 18.0. The number of aliphatic hydroxyl groups is 2. The first-order chi connectivity index (χ1) is 11.3. The van der Waals surface area contributed by atoms with Gasteiger partial charge >= 0.3 is 0 Å². The van der Waals surface area contributed by atoms with Crippen molar-refractivity contribution in [2.75, 3.05) is 19.5 Å². The van der Waals surface area contributed by atoms with Gasteiger partial charge in [0.1, 0.15) is 29.5 Å². The number of methoxy groups -OCH3 is 1. The Morgan fingerprint density at radius 1 is 1.46 bits per heavy atom. The van der Waals surface area contributed by atoms with Gasteiger partial charge in [0.05, 0.1) is 17.6 Å². The highest BCUT2D eigenvalue weighted by Crippen LogP contribution is 2.28. The van der Waals surface area contributed by atoms with E-state index in [-0.39, 0.29) is 29.0 Å². The number of aliphatic hydroxyl groups excluding tert-OH is 2. The fourth-order valence-electron chi connectivity index (χ4n) is 2.43. The van der Waals surface area contributed by atoms with Crippen LogP contribution in [0.15, 0.2) is 6.20 Å². The second-order valence-corrected chi connectivity index (χ2v) is 5.18. The van der Waals surface area contributed by atoms with Gasteiger partial charge < -0.3 is 35.6 Å². The quantitative estimate of drug-likeness (QED) is 0.440. The molecular formula is C13H18BN5O5. The molecule has 0 fully saturated rings. The molecule has 0 aliphatic rings. The Kier molecular flexibility index (Phi) is 5.39. The van der Waals surface area contributed by atoms with E-state index in [4.69, 9.17) is 24.3 Å². The molecule has 0 aliphatic heterocycles. The average Bonchev–Trinajstić information content (AvgIpc) is 2.91. The minimum absolute atomic E-state index is 0.0257. The van der Waals surface area contributed by atoms with E-state index in [1.54, 1.807) is 6.92 Å². The number of ether oxygens (including phenoxy) is 1. The Balaban J connectivity index is 2.57. The van der Waals surface area contributed by atoms with E-state index >= 15 is 0 Å². The highest BCUT2D eigenvalue weighted by molar-refractivity contribution is 6.08. The molecule has 6 N–H and O–H groups in total. The van der Waals surface area contributed by atoms with Crippen molar-refractivity contribution in [1.82, 2.24) is 14.5 Å². The third-order valence-corrected chi connectivity index (χ3v) is 3.61. The summed E-state index contributed by atoms with van der Waals surface area (Å²) in [6.07, 6.45) is -2.61. The summed E-state index contributed by atoms with van der Waals surface area (Å²) in [6.45, 7) is 1.44. The maximum atomic E-state index is 11.6. The second kappa shape index (κ2) is 7.13. The summed E-state index contributed by atoms with van der Waals surface area (Å²) < 4.78 is 10.7. The summed E-state index contributed by atoms with van der Waals surface area (Å²) in [5, 5.41) is 21.0. The first-order valence-corrected chi connectivity index (χ1v) is 6.96. The predicted octanol–water partition coefficient (Wildman–Crippen LogP) is -1.61. The largest absolute Gasteiger partial charge is 0.445 e. The van der Waals surface area contributed by atoms with Crippen LogP contribution in [0.1, 0.15) is 22.4 Å². The fourth-order valence-corrected chi connectivity index (χ4v) is 2.43. The fraction of sp³-hybridized carbons (Fsp3) is 0.462. The molecule has 0 bridgehead atoms. The Morgan fingerprint density at radius 3 is 2.67 bits per heavy atom. The predicted molar refractivity (Wildman–Crippen MR) is 85.0 cm³/mol. The SMILES string of the molecule is [B]OCC(OC)C(O)C(O)n1cc(C(N)=O)c2c(N)nc(C)nc21. The van der Waals surface area contributed by atoms with E-state index in [9.17, 15) is 15.0 Å². The summed E-state index contributed by atoms with van der Waals surface area (Å²) >= 11 is 0. The number of carbonyl (C=O) groups is 1. The molecule has 0 saturated heterocycles. The number of primary amides is 1. The summed E-state index contributed by atoms with van der Waals surface area (Å²) in [4.78, 5) is 19.8. The molecule has 128 valence electrons. The van der Waals surface area contributed by atoms with Crippen LogP contribution in [0.25, 0.3) is 11.0 Å². The van der Waals surface area contributed by atoms with Crippen LogP contribution in [-0.2, 0) is 9.39 Å². The van der Waals surface area contributed by atoms with Gasteiger partial charge in [0.15, 0.2) is 6.23 Å². The van der Waals surface area contributed by atoms with Crippen LogP contribution in [0, 0.1) is 6.92 Å². The van der Waals surface area contributed by atoms with Gasteiger partial charge in [-0.15, -0.1) is 0 Å². The lowest BCUT2D eigenvalue weighted by molar-refractivity contribution is -0.112. The number of amides is 1. The average molecular weight is 335 g/mol. The van der Waals surface area contributed by atoms with Crippen molar-refractivity contribution in [3.8, 4) is 0 Å². The number of hydrogen-bond acceptors (Lipinski definition) is 8. The zero-order valence-electron chi connectivity index (χ0n) is 13.2. The Labute approximate surface area is 138 Å². The number of nitrogen functional groups attached to an aromatic ring is 1. The lowest BCUT2D eigenvalue weighted by Gasteiger charge is -2.26. The van der Waals surface area contributed by atoms with Gasteiger partial charge in [0, 0.05) is 13.3 Å². The van der Waals surface area contributed by atoms with E-state index in [0.717, 1.165) is 0 Å². The minimum atomic E-state index is -1.52. The number of aryl methyl sites for hydroxylation is 1. The number of anilines is 1. The lowest BCUT2D eigenvalue weighted by atomic mass is 10.2. The maximum absolute atomic E-state index is 11.6. The normalized spacial score (nSPS) is 15.3. The molecule has 0 spiro atoms. The molecule has 0 aliphatic carbocycles. The molecule has 2 aromatic rings. The molecular weight excluding hydrogens is 317 g/mol. The van der Waals surface area contributed by atoms with E-state index < -0.39 is 24.3 Å². The molecule has 2 rings (SSSR count). The molecule has 0 aromatic carbocycles. The van der Waals surface area contributed by atoms with E-state index in [1.807, 2.05) is 0 Å². The summed E-state index contributed by atoms with van der Waals surface area (Å²) in [5.74, 6) is -0.404. The van der Waals surface area contributed by atoms with Gasteiger partial charge in [0.25, 0.3) is 14.0 Å². The monoisotopic (exact) mass is 335 g/mol. The highest BCUT2D eigenvalue weighted by atomic mass is 16.5. The number of rotatable bonds is 7. The van der Waals surface area contributed by atoms with Gasteiger partial charge in [-0.3, -0.25) is 4.79 Å². The molecule has 2 radical (unpaired) electrons. The van der Waals surface area contributed by atoms with Gasteiger partial charge in [-0.25, -0.2) is 9.97 Å². The molecule has 1 amide bonds. The van der Waals surface area contributed by atoms with Crippen LogP contribution in [-0.4, -0.2) is 64.6 Å². The topological polar surface area (TPSA) is 159 Å². The third kappa shape index (κ3) is 3.19. The molecule has 0 saturated carbocycles. The summed E-state index contributed by atoms with van der Waals surface area (Å²) in [6, 6.07) is 0. The smallest absolute Gasteiger partial charge is 0.282 e. The third-order valence-electron chi connectivity index (χ3n) is 3.61. The van der Waals surface area contributed by atoms with E-state index in [2.05, 4.69) is 14.6 Å². The number of nitrogens with two attached hydrogens (primary N) is 2. The number of nitrogens with zero attached hydrogens (tertiary/aromatic N) is 3. The van der Waals surface area contributed by atoms with Crippen molar-refractivity contribution < 1.29 is 24.4 Å². The van der Waals surface area contributed by atoms with Crippen LogP contribution < -0.4 is 11.5 Å². The van der Waals surface area contributed by atoms with Gasteiger partial charge in [-0.1, -0.05) is 0 Å². The van der Waals surface area contributed by atoms with Crippen molar-refractivity contribution in [3.05, 3.63) is 17.6 Å². The number of aromatic nitrogens is 3. The van der Waals surface area contributed by atoms with Crippen LogP contribution in [0.4, 0.5) is 5.82 Å². The van der Waals surface area contributed by atoms with Crippen molar-refractivity contribution in [1.29, 1.82) is 0 Å². The second-order valence-electron chi connectivity index (χ2n) is 5.18. The molecule has 3 atom stereocenters. The first kappa shape index (κ1) is 18.1. The van der Waals surface area contributed by atoms with E-state index in [0.29, 0.717) is 5.82 Å². The number of carbonyl (C=O) groups excluding carboxylic acids is 1. The molecule has 10 nitrogen and oxygen atoms in total. The van der Waals surface area contributed by atoms with Crippen LogP contribution in [0.3, 0.4) is 0 Å². The molecule has 3 unspecified atom stereocenters. The Bertz CT molecular complexity index is 752. The van der Waals surface area contributed by atoms with Crippen molar-refractivity contribution in [2.24, 2.45) is 5.73 Å². The highest BCUT2D eigenvalue weighted by Gasteiger charge is 2.30. The molecule has 11 heteroatoms. The summed E-state index contributed by atoms with van der Waals surface area (Å²) in [5.41, 5.74) is 11.4. The molecule has 2 aromatic heterocycles. The van der Waals surface area contributed by atoms with Crippen LogP contribution in [0.2, 0.25) is 0 Å². The van der Waals surface area contributed by atoms with Gasteiger partial charge in [-0.2, -0.15) is 0 Å². The lowest BCUT2D eigenvalue weighted by Crippen LogP contribution is -2.39. The van der Waals surface area contributed by atoms with Gasteiger partial charge in [-0.05, 0) is 6.92 Å². The van der Waals surface area contributed by atoms with Crippen molar-refractivity contribution in [2.45, 2.75) is 25.4 Å². The van der Waals surface area contributed by atoms with Crippen molar-refractivity contribution >= 4 is 30.8 Å². The van der Waals surface area contributed by atoms with Crippen LogP contribution in [0.5, 0.6) is 0 Å². The minimum Gasteiger partial charge on any atom is -0.445 e. The standard InChI is InChI=1S/C13H18BN5O5/c1-5-17-10(15)8-6(11(16)21)3-19(12(8)18-5)13(22)9(20)7(23-2)4-24-14/h3,7,9,13,20,22H,4H2,1-2H3,(H2,16,21)(H2,15,17,18). The zero-order valence-corrected chi connectivity index (χ0v) is 13.2. The Hall–Kier alpha value is -2.21. The van der Waals surface area contributed by atoms with E-state index in [1.165, 1.54) is 17.9 Å². The number of hydrogen-bond donors (Lipinski definition) is 4. The maximum Gasteiger partial charge on any atom is 0.282 e. The first-order valence-electron chi connectivity index (χ1n) is 6.96. The molecule has 2 heterocycles. The molecule has 24 heavy (non-hydrogen) atoms. The Morgan fingerprint density at radius 2 is 2.12 bits per heavy atom. The van der Waals surface area contributed by atoms with Crippen LogP contribution >= 0.6 is 0 Å².